The number of carbonyl (C=O) groups is 2. The van der Waals surface area contributed by atoms with Crippen LogP contribution >= 0.6 is 0 Å². The molecule has 0 amide bonds. The molecule has 0 spiro atoms. The van der Waals surface area contributed by atoms with Gasteiger partial charge in [-0.2, -0.15) is 0 Å². The number of hydrogen-bond donors (Lipinski definition) is 0. The monoisotopic (exact) mass is 264 g/mol. The number of benzene rings is 1. The average molecular weight is 264 g/mol. The van der Waals surface area contributed by atoms with E-state index < -0.39 is 11.9 Å². The molecule has 0 saturated heterocycles. The number of carbonyl (C=O) groups excluding carboxylic acids is 2. The Morgan fingerprint density at radius 1 is 1.26 bits per heavy atom. The van der Waals surface area contributed by atoms with Crippen molar-refractivity contribution < 1.29 is 19.1 Å². The first-order valence-electron chi connectivity index (χ1n) is 6.36. The SMILES string of the molecule is CCOc1cccc(C(=O)C(C(=O)OC)C(C)C)c1. The van der Waals surface area contributed by atoms with E-state index >= 15 is 0 Å². The van der Waals surface area contributed by atoms with Crippen molar-refractivity contribution in [2.45, 2.75) is 20.8 Å². The molecular weight excluding hydrogens is 244 g/mol. The van der Waals surface area contributed by atoms with E-state index in [0.29, 0.717) is 17.9 Å². The van der Waals surface area contributed by atoms with Crippen LogP contribution in [0.2, 0.25) is 0 Å². The third-order valence-corrected chi connectivity index (χ3v) is 2.83. The summed E-state index contributed by atoms with van der Waals surface area (Å²) in [5.74, 6) is -0.997. The molecule has 0 aliphatic carbocycles. The Kier molecular flexibility index (Phi) is 5.55. The van der Waals surface area contributed by atoms with Crippen molar-refractivity contribution in [2.24, 2.45) is 11.8 Å². The lowest BCUT2D eigenvalue weighted by Crippen LogP contribution is -2.30. The number of rotatable bonds is 6. The molecule has 0 aliphatic heterocycles. The summed E-state index contributed by atoms with van der Waals surface area (Å²) in [6, 6.07) is 6.86. The molecule has 4 heteroatoms. The molecule has 4 nitrogen and oxygen atoms in total. The number of ketones is 1. The Morgan fingerprint density at radius 2 is 1.95 bits per heavy atom. The minimum atomic E-state index is -0.776. The third-order valence-electron chi connectivity index (χ3n) is 2.83. The van der Waals surface area contributed by atoms with Gasteiger partial charge in [-0.25, -0.2) is 0 Å². The maximum atomic E-state index is 12.4. The van der Waals surface area contributed by atoms with Crippen molar-refractivity contribution in [1.29, 1.82) is 0 Å². The van der Waals surface area contributed by atoms with E-state index in [2.05, 4.69) is 0 Å². The Hall–Kier alpha value is -1.84. The van der Waals surface area contributed by atoms with Crippen LogP contribution in [0.4, 0.5) is 0 Å². The highest BCUT2D eigenvalue weighted by atomic mass is 16.5. The molecular formula is C15H20O4. The van der Waals surface area contributed by atoms with Crippen LogP contribution in [-0.2, 0) is 9.53 Å². The van der Waals surface area contributed by atoms with E-state index in [4.69, 9.17) is 9.47 Å². The van der Waals surface area contributed by atoms with Gasteiger partial charge in [0, 0.05) is 5.56 Å². The van der Waals surface area contributed by atoms with Crippen LogP contribution in [0.15, 0.2) is 24.3 Å². The zero-order valence-electron chi connectivity index (χ0n) is 11.8. The van der Waals surface area contributed by atoms with Crippen molar-refractivity contribution in [1.82, 2.24) is 0 Å². The third kappa shape index (κ3) is 3.81. The molecule has 104 valence electrons. The second kappa shape index (κ2) is 6.92. The Bertz CT molecular complexity index is 451. The molecule has 19 heavy (non-hydrogen) atoms. The van der Waals surface area contributed by atoms with Gasteiger partial charge >= 0.3 is 5.97 Å². The maximum Gasteiger partial charge on any atom is 0.316 e. The molecule has 0 saturated carbocycles. The van der Waals surface area contributed by atoms with Crippen LogP contribution in [0.5, 0.6) is 5.75 Å². The predicted octanol–water partition coefficient (Wildman–Crippen LogP) is 2.71. The molecule has 0 aromatic heterocycles. The molecule has 0 heterocycles. The molecule has 0 bridgehead atoms. The summed E-state index contributed by atoms with van der Waals surface area (Å²) in [5.41, 5.74) is 0.468. The van der Waals surface area contributed by atoms with Gasteiger partial charge in [-0.1, -0.05) is 26.0 Å². The lowest BCUT2D eigenvalue weighted by molar-refractivity contribution is -0.144. The van der Waals surface area contributed by atoms with E-state index in [1.54, 1.807) is 24.3 Å². The standard InChI is InChI=1S/C15H20O4/c1-5-19-12-8-6-7-11(9-12)14(16)13(10(2)3)15(17)18-4/h6-10,13H,5H2,1-4H3. The summed E-state index contributed by atoms with van der Waals surface area (Å²) < 4.78 is 10.1. The highest BCUT2D eigenvalue weighted by molar-refractivity contribution is 6.09. The molecule has 1 unspecified atom stereocenters. The van der Waals surface area contributed by atoms with Crippen molar-refractivity contribution >= 4 is 11.8 Å². The van der Waals surface area contributed by atoms with Gasteiger partial charge in [0.1, 0.15) is 11.7 Å². The average Bonchev–Trinajstić information content (AvgIpc) is 2.39. The van der Waals surface area contributed by atoms with Gasteiger partial charge in [-0.15, -0.1) is 0 Å². The van der Waals surface area contributed by atoms with Crippen molar-refractivity contribution in [3.8, 4) is 5.75 Å². The molecule has 1 aromatic carbocycles. The van der Waals surface area contributed by atoms with E-state index in [0.717, 1.165) is 0 Å². The zero-order valence-corrected chi connectivity index (χ0v) is 11.8. The lowest BCUT2D eigenvalue weighted by Gasteiger charge is -2.17. The Morgan fingerprint density at radius 3 is 2.47 bits per heavy atom. The fraction of sp³-hybridized carbons (Fsp3) is 0.467. The second-order valence-electron chi connectivity index (χ2n) is 4.57. The smallest absolute Gasteiger partial charge is 0.316 e. The molecule has 1 aromatic rings. The number of Topliss-reactive ketones (excluding diaryl/α,β-unsaturated/α-hetero) is 1. The van der Waals surface area contributed by atoms with Gasteiger partial charge < -0.3 is 9.47 Å². The summed E-state index contributed by atoms with van der Waals surface area (Å²) >= 11 is 0. The fourth-order valence-corrected chi connectivity index (χ4v) is 1.89. The van der Waals surface area contributed by atoms with E-state index in [1.165, 1.54) is 7.11 Å². The highest BCUT2D eigenvalue weighted by Crippen LogP contribution is 2.21. The van der Waals surface area contributed by atoms with Crippen molar-refractivity contribution in [3.63, 3.8) is 0 Å². The van der Waals surface area contributed by atoms with Gasteiger partial charge in [0.2, 0.25) is 0 Å². The number of ether oxygens (including phenoxy) is 2. The van der Waals surface area contributed by atoms with Crippen molar-refractivity contribution in [3.05, 3.63) is 29.8 Å². The molecule has 0 radical (unpaired) electrons. The number of esters is 1. The van der Waals surface area contributed by atoms with Gasteiger partial charge in [0.05, 0.1) is 13.7 Å². The minimum Gasteiger partial charge on any atom is -0.494 e. The van der Waals surface area contributed by atoms with Crippen LogP contribution in [0.25, 0.3) is 0 Å². The summed E-state index contributed by atoms with van der Waals surface area (Å²) in [7, 11) is 1.29. The zero-order chi connectivity index (χ0) is 14.4. The lowest BCUT2D eigenvalue weighted by atomic mass is 9.88. The largest absolute Gasteiger partial charge is 0.494 e. The van der Waals surface area contributed by atoms with Crippen LogP contribution in [0, 0.1) is 11.8 Å². The van der Waals surface area contributed by atoms with Crippen LogP contribution in [0.1, 0.15) is 31.1 Å². The van der Waals surface area contributed by atoms with Crippen LogP contribution in [-0.4, -0.2) is 25.5 Å². The van der Waals surface area contributed by atoms with Crippen LogP contribution < -0.4 is 4.74 Å². The first-order chi connectivity index (χ1) is 9.01. The van der Waals surface area contributed by atoms with E-state index in [1.807, 2.05) is 20.8 Å². The Labute approximate surface area is 113 Å². The molecule has 0 aliphatic rings. The number of methoxy groups -OCH3 is 1. The van der Waals surface area contributed by atoms with Gasteiger partial charge in [0.25, 0.3) is 0 Å². The van der Waals surface area contributed by atoms with E-state index in [-0.39, 0.29) is 11.7 Å². The Balaban J connectivity index is 3.02. The van der Waals surface area contributed by atoms with Gasteiger partial charge in [-0.05, 0) is 25.0 Å². The summed E-state index contributed by atoms with van der Waals surface area (Å²) in [6.07, 6.45) is 0. The quantitative estimate of drug-likeness (QED) is 0.450. The van der Waals surface area contributed by atoms with Crippen LogP contribution in [0.3, 0.4) is 0 Å². The van der Waals surface area contributed by atoms with Gasteiger partial charge in [0.15, 0.2) is 5.78 Å². The maximum absolute atomic E-state index is 12.4. The van der Waals surface area contributed by atoms with Gasteiger partial charge in [-0.3, -0.25) is 9.59 Å². The normalized spacial score (nSPS) is 12.1. The first kappa shape index (κ1) is 15.2. The highest BCUT2D eigenvalue weighted by Gasteiger charge is 2.31. The van der Waals surface area contributed by atoms with Crippen molar-refractivity contribution in [2.75, 3.05) is 13.7 Å². The molecule has 1 rings (SSSR count). The first-order valence-corrected chi connectivity index (χ1v) is 6.36. The summed E-state index contributed by atoms with van der Waals surface area (Å²) in [4.78, 5) is 24.1. The summed E-state index contributed by atoms with van der Waals surface area (Å²) in [6.45, 7) is 6.06. The predicted molar refractivity (Wildman–Crippen MR) is 72.3 cm³/mol. The van der Waals surface area contributed by atoms with E-state index in [9.17, 15) is 9.59 Å². The summed E-state index contributed by atoms with van der Waals surface area (Å²) in [5, 5.41) is 0. The molecule has 0 N–H and O–H groups in total. The minimum absolute atomic E-state index is 0.115. The topological polar surface area (TPSA) is 52.6 Å². The number of hydrogen-bond acceptors (Lipinski definition) is 4. The second-order valence-corrected chi connectivity index (χ2v) is 4.57. The molecule has 1 atom stereocenters. The fourth-order valence-electron chi connectivity index (χ4n) is 1.89. The molecule has 0 fully saturated rings.